The summed E-state index contributed by atoms with van der Waals surface area (Å²) in [6.07, 6.45) is 0. The molecule has 0 fully saturated rings. The highest BCUT2D eigenvalue weighted by Gasteiger charge is 2.07. The Morgan fingerprint density at radius 1 is 1.05 bits per heavy atom. The number of anilines is 1. The summed E-state index contributed by atoms with van der Waals surface area (Å²) in [5.74, 6) is 0. The molecule has 2 nitrogen and oxygen atoms in total. The second-order valence-corrected chi connectivity index (χ2v) is 6.59. The lowest BCUT2D eigenvalue weighted by Gasteiger charge is -2.13. The number of nitrogens with zero attached hydrogens (tertiary/aromatic N) is 1. The average molecular weight is 355 g/mol. The van der Waals surface area contributed by atoms with Crippen LogP contribution >= 0.6 is 15.9 Å². The predicted molar refractivity (Wildman–Crippen MR) is 97.4 cm³/mol. The zero-order chi connectivity index (χ0) is 15.7. The Morgan fingerprint density at radius 3 is 2.68 bits per heavy atom. The van der Waals surface area contributed by atoms with Gasteiger partial charge in [0, 0.05) is 27.8 Å². The standard InChI is InChI=1S/C19H19BrN2/c1-12-7-8-13(2)15(9-12)11-21-18-10-14(3)22-19-16(18)5-4-6-17(19)20/h4-10H,11H2,1-3H3,(H,21,22). The highest BCUT2D eigenvalue weighted by Crippen LogP contribution is 2.29. The lowest BCUT2D eigenvalue weighted by atomic mass is 10.1. The van der Waals surface area contributed by atoms with E-state index >= 15 is 0 Å². The van der Waals surface area contributed by atoms with Crippen LogP contribution in [0.5, 0.6) is 0 Å². The number of fused-ring (bicyclic) bond motifs is 1. The Morgan fingerprint density at radius 2 is 1.86 bits per heavy atom. The minimum atomic E-state index is 0.818. The fraction of sp³-hybridized carbons (Fsp3) is 0.211. The van der Waals surface area contributed by atoms with Crippen molar-refractivity contribution in [1.82, 2.24) is 4.98 Å². The first-order chi connectivity index (χ1) is 10.5. The number of hydrogen-bond donors (Lipinski definition) is 1. The first kappa shape index (κ1) is 15.0. The van der Waals surface area contributed by atoms with Crippen LogP contribution in [-0.2, 0) is 6.54 Å². The van der Waals surface area contributed by atoms with Gasteiger partial charge in [-0.3, -0.25) is 4.98 Å². The Kier molecular flexibility index (Phi) is 4.16. The number of hydrogen-bond acceptors (Lipinski definition) is 2. The smallest absolute Gasteiger partial charge is 0.0867 e. The van der Waals surface area contributed by atoms with E-state index in [1.54, 1.807) is 0 Å². The summed E-state index contributed by atoms with van der Waals surface area (Å²) in [6.45, 7) is 7.13. The normalized spacial score (nSPS) is 10.9. The average Bonchev–Trinajstić information content (AvgIpc) is 2.49. The van der Waals surface area contributed by atoms with E-state index in [2.05, 4.69) is 70.4 Å². The van der Waals surface area contributed by atoms with Crippen molar-refractivity contribution in [3.05, 3.63) is 69.3 Å². The monoisotopic (exact) mass is 354 g/mol. The van der Waals surface area contributed by atoms with E-state index in [1.165, 1.54) is 16.7 Å². The molecule has 2 aromatic carbocycles. The van der Waals surface area contributed by atoms with Crippen molar-refractivity contribution in [2.24, 2.45) is 0 Å². The van der Waals surface area contributed by atoms with Gasteiger partial charge in [0.15, 0.2) is 0 Å². The van der Waals surface area contributed by atoms with Crippen LogP contribution in [0.1, 0.15) is 22.4 Å². The molecule has 0 radical (unpaired) electrons. The molecule has 0 unspecified atom stereocenters. The van der Waals surface area contributed by atoms with Crippen LogP contribution < -0.4 is 5.32 Å². The lowest BCUT2D eigenvalue weighted by Crippen LogP contribution is -2.03. The lowest BCUT2D eigenvalue weighted by molar-refractivity contribution is 1.11. The Hall–Kier alpha value is -1.87. The summed E-state index contributed by atoms with van der Waals surface area (Å²) in [5.41, 5.74) is 7.09. The Bertz CT molecular complexity index is 840. The number of pyridine rings is 1. The van der Waals surface area contributed by atoms with Crippen LogP contribution in [0.3, 0.4) is 0 Å². The van der Waals surface area contributed by atoms with Gasteiger partial charge < -0.3 is 5.32 Å². The molecule has 0 aliphatic carbocycles. The maximum atomic E-state index is 4.64. The maximum absolute atomic E-state index is 4.64. The summed E-state index contributed by atoms with van der Waals surface area (Å²) in [4.78, 5) is 4.64. The molecule has 0 saturated heterocycles. The van der Waals surface area contributed by atoms with E-state index in [0.717, 1.165) is 33.3 Å². The van der Waals surface area contributed by atoms with Crippen molar-refractivity contribution < 1.29 is 0 Å². The first-order valence-electron chi connectivity index (χ1n) is 7.40. The van der Waals surface area contributed by atoms with Crippen LogP contribution in [0.4, 0.5) is 5.69 Å². The molecule has 3 rings (SSSR count). The molecule has 0 atom stereocenters. The van der Waals surface area contributed by atoms with E-state index < -0.39 is 0 Å². The Balaban J connectivity index is 1.97. The molecule has 1 heterocycles. The SMILES string of the molecule is Cc1ccc(C)c(CNc2cc(C)nc3c(Br)cccc23)c1. The third kappa shape index (κ3) is 3.00. The summed E-state index contributed by atoms with van der Waals surface area (Å²) in [5, 5.41) is 4.72. The van der Waals surface area contributed by atoms with Crippen LogP contribution in [0.15, 0.2) is 46.9 Å². The minimum Gasteiger partial charge on any atom is -0.380 e. The summed E-state index contributed by atoms with van der Waals surface area (Å²) in [7, 11) is 0. The molecule has 22 heavy (non-hydrogen) atoms. The summed E-state index contributed by atoms with van der Waals surface area (Å²) >= 11 is 3.59. The molecular formula is C19H19BrN2. The number of rotatable bonds is 3. The fourth-order valence-corrected chi connectivity index (χ4v) is 3.12. The molecule has 0 saturated carbocycles. The van der Waals surface area contributed by atoms with Crippen LogP contribution in [-0.4, -0.2) is 4.98 Å². The van der Waals surface area contributed by atoms with Gasteiger partial charge in [-0.2, -0.15) is 0 Å². The number of para-hydroxylation sites is 1. The zero-order valence-electron chi connectivity index (χ0n) is 13.1. The molecule has 0 amide bonds. The minimum absolute atomic E-state index is 0.818. The van der Waals surface area contributed by atoms with Gasteiger partial charge in [-0.05, 0) is 60.0 Å². The zero-order valence-corrected chi connectivity index (χ0v) is 14.7. The molecule has 1 N–H and O–H groups in total. The molecular weight excluding hydrogens is 336 g/mol. The molecule has 0 aliphatic heterocycles. The number of halogens is 1. The molecule has 3 heteroatoms. The number of benzene rings is 2. The van der Waals surface area contributed by atoms with E-state index in [1.807, 2.05) is 19.1 Å². The molecule has 0 aliphatic rings. The van der Waals surface area contributed by atoms with E-state index in [0.29, 0.717) is 0 Å². The second-order valence-electron chi connectivity index (χ2n) is 5.73. The topological polar surface area (TPSA) is 24.9 Å². The van der Waals surface area contributed by atoms with Gasteiger partial charge in [0.05, 0.1) is 5.52 Å². The van der Waals surface area contributed by atoms with E-state index in [4.69, 9.17) is 0 Å². The maximum Gasteiger partial charge on any atom is 0.0867 e. The van der Waals surface area contributed by atoms with Crippen molar-refractivity contribution in [2.75, 3.05) is 5.32 Å². The van der Waals surface area contributed by atoms with E-state index in [9.17, 15) is 0 Å². The van der Waals surface area contributed by atoms with Gasteiger partial charge >= 0.3 is 0 Å². The molecule has 112 valence electrons. The van der Waals surface area contributed by atoms with Gasteiger partial charge in [-0.1, -0.05) is 35.9 Å². The van der Waals surface area contributed by atoms with Crippen LogP contribution in [0.2, 0.25) is 0 Å². The predicted octanol–water partition coefficient (Wildman–Crippen LogP) is 5.53. The number of nitrogens with one attached hydrogen (secondary N) is 1. The first-order valence-corrected chi connectivity index (χ1v) is 8.20. The van der Waals surface area contributed by atoms with Gasteiger partial charge in [0.1, 0.15) is 0 Å². The van der Waals surface area contributed by atoms with Gasteiger partial charge in [0.25, 0.3) is 0 Å². The van der Waals surface area contributed by atoms with Crippen molar-refractivity contribution in [3.8, 4) is 0 Å². The summed E-state index contributed by atoms with van der Waals surface area (Å²) < 4.78 is 1.03. The molecule has 0 spiro atoms. The molecule has 0 bridgehead atoms. The molecule has 1 aromatic heterocycles. The highest BCUT2D eigenvalue weighted by molar-refractivity contribution is 9.10. The number of aryl methyl sites for hydroxylation is 3. The van der Waals surface area contributed by atoms with Crippen molar-refractivity contribution in [3.63, 3.8) is 0 Å². The quantitative estimate of drug-likeness (QED) is 0.668. The van der Waals surface area contributed by atoms with Crippen molar-refractivity contribution >= 4 is 32.5 Å². The summed E-state index contributed by atoms with van der Waals surface area (Å²) in [6, 6.07) is 14.9. The second kappa shape index (κ2) is 6.09. The third-order valence-corrected chi connectivity index (χ3v) is 4.53. The van der Waals surface area contributed by atoms with Gasteiger partial charge in [-0.15, -0.1) is 0 Å². The van der Waals surface area contributed by atoms with Gasteiger partial charge in [-0.25, -0.2) is 0 Å². The van der Waals surface area contributed by atoms with Crippen molar-refractivity contribution in [2.45, 2.75) is 27.3 Å². The fourth-order valence-electron chi connectivity index (χ4n) is 2.67. The van der Waals surface area contributed by atoms with E-state index in [-0.39, 0.29) is 0 Å². The third-order valence-electron chi connectivity index (χ3n) is 3.89. The molecule has 3 aromatic rings. The number of aromatic nitrogens is 1. The van der Waals surface area contributed by atoms with Crippen LogP contribution in [0.25, 0.3) is 10.9 Å². The largest absolute Gasteiger partial charge is 0.380 e. The van der Waals surface area contributed by atoms with Crippen LogP contribution in [0, 0.1) is 20.8 Å². The van der Waals surface area contributed by atoms with Gasteiger partial charge in [0.2, 0.25) is 0 Å². The highest BCUT2D eigenvalue weighted by atomic mass is 79.9. The Labute approximate surface area is 139 Å². The van der Waals surface area contributed by atoms with Crippen molar-refractivity contribution in [1.29, 1.82) is 0 Å².